The summed E-state index contributed by atoms with van der Waals surface area (Å²) in [5.74, 6) is -0.142. The zero-order valence-electron chi connectivity index (χ0n) is 9.73. The predicted molar refractivity (Wildman–Crippen MR) is 75.7 cm³/mol. The number of benzene rings is 2. The van der Waals surface area contributed by atoms with E-state index in [4.69, 9.17) is 23.2 Å². The van der Waals surface area contributed by atoms with Gasteiger partial charge in [0, 0.05) is 12.6 Å². The van der Waals surface area contributed by atoms with E-state index in [1.165, 1.54) is 11.8 Å². The Bertz CT molecular complexity index is 549. The van der Waals surface area contributed by atoms with Gasteiger partial charge in [-0.05, 0) is 24.3 Å². The lowest BCUT2D eigenvalue weighted by molar-refractivity contribution is -0.115. The maximum absolute atomic E-state index is 11.9. The number of hydrogen-bond donors (Lipinski definition) is 0. The van der Waals surface area contributed by atoms with E-state index < -0.39 is 0 Å². The average Bonchev–Trinajstić information content (AvgIpc) is 2.34. The molecule has 92 valence electrons. The fraction of sp³-hybridized carbons (Fsp3) is 0.0714. The summed E-state index contributed by atoms with van der Waals surface area (Å²) in [4.78, 5) is 13.4. The minimum atomic E-state index is -0.142. The van der Waals surface area contributed by atoms with E-state index in [-0.39, 0.29) is 5.91 Å². The molecule has 2 aromatic rings. The number of halogens is 2. The van der Waals surface area contributed by atoms with Crippen LogP contribution in [-0.2, 0) is 4.79 Å². The quantitative estimate of drug-likeness (QED) is 0.782. The van der Waals surface area contributed by atoms with Crippen molar-refractivity contribution in [1.82, 2.24) is 0 Å². The number of rotatable bonds is 2. The van der Waals surface area contributed by atoms with E-state index >= 15 is 0 Å². The van der Waals surface area contributed by atoms with Gasteiger partial charge in [0.1, 0.15) is 0 Å². The summed E-state index contributed by atoms with van der Waals surface area (Å²) < 4.78 is 0. The van der Waals surface area contributed by atoms with Gasteiger partial charge in [-0.2, -0.15) is 0 Å². The molecule has 0 saturated carbocycles. The third kappa shape index (κ3) is 2.50. The van der Waals surface area contributed by atoms with Crippen LogP contribution in [0.25, 0.3) is 0 Å². The van der Waals surface area contributed by atoms with Crippen molar-refractivity contribution in [1.29, 1.82) is 0 Å². The summed E-state index contributed by atoms with van der Waals surface area (Å²) in [5, 5.41) is 0.892. The van der Waals surface area contributed by atoms with E-state index in [9.17, 15) is 4.79 Å². The molecule has 2 rings (SSSR count). The van der Waals surface area contributed by atoms with Crippen LogP contribution in [0.4, 0.5) is 11.4 Å². The molecule has 0 aliphatic carbocycles. The zero-order valence-corrected chi connectivity index (χ0v) is 11.2. The molecule has 0 fully saturated rings. The van der Waals surface area contributed by atoms with Gasteiger partial charge in [-0.1, -0.05) is 47.5 Å². The molecule has 0 spiro atoms. The van der Waals surface area contributed by atoms with Crippen LogP contribution in [0.5, 0.6) is 0 Å². The van der Waals surface area contributed by atoms with E-state index in [1.807, 2.05) is 30.3 Å². The van der Waals surface area contributed by atoms with Crippen molar-refractivity contribution in [3.63, 3.8) is 0 Å². The summed E-state index contributed by atoms with van der Waals surface area (Å²) in [7, 11) is 0. The molecular formula is C14H11Cl2NO. The van der Waals surface area contributed by atoms with Crippen molar-refractivity contribution >= 4 is 40.5 Å². The van der Waals surface area contributed by atoms with Crippen LogP contribution in [0.15, 0.2) is 48.5 Å². The highest BCUT2D eigenvalue weighted by Gasteiger charge is 2.19. The molecular weight excluding hydrogens is 269 g/mol. The SMILES string of the molecule is CC(=O)N(c1ccccc1)c1c(Cl)cccc1Cl. The van der Waals surface area contributed by atoms with Crippen molar-refractivity contribution in [3.05, 3.63) is 58.6 Å². The lowest BCUT2D eigenvalue weighted by atomic mass is 10.2. The minimum absolute atomic E-state index is 0.142. The topological polar surface area (TPSA) is 20.3 Å². The monoisotopic (exact) mass is 279 g/mol. The Morgan fingerprint density at radius 1 is 0.944 bits per heavy atom. The molecule has 0 saturated heterocycles. The van der Waals surface area contributed by atoms with Crippen LogP contribution >= 0.6 is 23.2 Å². The standard InChI is InChI=1S/C14H11Cl2NO/c1-10(18)17(11-6-3-2-4-7-11)14-12(15)8-5-9-13(14)16/h2-9H,1H3. The number of carbonyl (C=O) groups excluding carboxylic acids is 1. The first-order chi connectivity index (χ1) is 8.61. The average molecular weight is 280 g/mol. The fourth-order valence-electron chi connectivity index (χ4n) is 1.75. The van der Waals surface area contributed by atoms with Crippen molar-refractivity contribution in [2.24, 2.45) is 0 Å². The van der Waals surface area contributed by atoms with Crippen molar-refractivity contribution in [2.45, 2.75) is 6.92 Å². The number of hydrogen-bond acceptors (Lipinski definition) is 1. The molecule has 0 N–H and O–H groups in total. The first-order valence-electron chi connectivity index (χ1n) is 5.41. The maximum atomic E-state index is 11.9. The second-order valence-corrected chi connectivity index (χ2v) is 4.57. The molecule has 4 heteroatoms. The van der Waals surface area contributed by atoms with E-state index in [1.54, 1.807) is 18.2 Å². The van der Waals surface area contributed by atoms with Gasteiger partial charge < -0.3 is 0 Å². The van der Waals surface area contributed by atoms with Crippen LogP contribution in [0.2, 0.25) is 10.0 Å². The molecule has 0 unspecified atom stereocenters. The summed E-state index contributed by atoms with van der Waals surface area (Å²) in [6.07, 6.45) is 0. The van der Waals surface area contributed by atoms with E-state index in [0.717, 1.165) is 5.69 Å². The molecule has 1 amide bonds. The zero-order chi connectivity index (χ0) is 13.1. The highest BCUT2D eigenvalue weighted by atomic mass is 35.5. The van der Waals surface area contributed by atoms with Gasteiger partial charge in [-0.3, -0.25) is 9.69 Å². The van der Waals surface area contributed by atoms with Gasteiger partial charge in [-0.25, -0.2) is 0 Å². The van der Waals surface area contributed by atoms with Crippen LogP contribution < -0.4 is 4.90 Å². The second kappa shape index (κ2) is 5.42. The Hall–Kier alpha value is -1.51. The first-order valence-corrected chi connectivity index (χ1v) is 6.16. The lowest BCUT2D eigenvalue weighted by Crippen LogP contribution is -2.23. The maximum Gasteiger partial charge on any atom is 0.228 e. The highest BCUT2D eigenvalue weighted by Crippen LogP contribution is 2.37. The molecule has 0 aliphatic heterocycles. The molecule has 0 bridgehead atoms. The Balaban J connectivity index is 2.60. The van der Waals surface area contributed by atoms with Gasteiger partial charge in [0.15, 0.2) is 0 Å². The molecule has 0 aromatic heterocycles. The van der Waals surface area contributed by atoms with E-state index in [2.05, 4.69) is 0 Å². The molecule has 2 aromatic carbocycles. The molecule has 2 nitrogen and oxygen atoms in total. The molecule has 0 radical (unpaired) electrons. The minimum Gasteiger partial charge on any atom is -0.278 e. The van der Waals surface area contributed by atoms with Gasteiger partial charge in [0.25, 0.3) is 0 Å². The second-order valence-electron chi connectivity index (χ2n) is 3.76. The van der Waals surface area contributed by atoms with Gasteiger partial charge in [-0.15, -0.1) is 0 Å². The van der Waals surface area contributed by atoms with Gasteiger partial charge in [0.05, 0.1) is 15.7 Å². The largest absolute Gasteiger partial charge is 0.278 e. The third-order valence-electron chi connectivity index (χ3n) is 2.49. The van der Waals surface area contributed by atoms with Gasteiger partial charge >= 0.3 is 0 Å². The third-order valence-corrected chi connectivity index (χ3v) is 3.10. The van der Waals surface area contributed by atoms with E-state index in [0.29, 0.717) is 15.7 Å². The number of para-hydroxylation sites is 2. The fourth-order valence-corrected chi connectivity index (χ4v) is 2.31. The van der Waals surface area contributed by atoms with Crippen molar-refractivity contribution < 1.29 is 4.79 Å². The molecule has 0 heterocycles. The Kier molecular flexibility index (Phi) is 3.90. The normalized spacial score (nSPS) is 10.2. The Morgan fingerprint density at radius 2 is 1.50 bits per heavy atom. The number of carbonyl (C=O) groups is 1. The van der Waals surface area contributed by atoms with Crippen LogP contribution in [0.1, 0.15) is 6.92 Å². The number of nitrogens with zero attached hydrogens (tertiary/aromatic N) is 1. The Morgan fingerprint density at radius 3 is 2.00 bits per heavy atom. The molecule has 0 atom stereocenters. The number of anilines is 2. The highest BCUT2D eigenvalue weighted by molar-refractivity contribution is 6.40. The first kappa shape index (κ1) is 12.9. The van der Waals surface area contributed by atoms with Gasteiger partial charge in [0.2, 0.25) is 5.91 Å². The van der Waals surface area contributed by atoms with Crippen molar-refractivity contribution in [2.75, 3.05) is 4.90 Å². The molecule has 0 aliphatic rings. The summed E-state index contributed by atoms with van der Waals surface area (Å²) in [6.45, 7) is 1.48. The van der Waals surface area contributed by atoms with Crippen molar-refractivity contribution in [3.8, 4) is 0 Å². The Labute approximate surface area is 116 Å². The van der Waals surface area contributed by atoms with Crippen LogP contribution in [0, 0.1) is 0 Å². The predicted octanol–water partition coefficient (Wildman–Crippen LogP) is 4.68. The summed E-state index contributed by atoms with van der Waals surface area (Å²) in [6, 6.07) is 14.4. The summed E-state index contributed by atoms with van der Waals surface area (Å²) >= 11 is 12.3. The number of amides is 1. The smallest absolute Gasteiger partial charge is 0.228 e. The summed E-state index contributed by atoms with van der Waals surface area (Å²) in [5.41, 5.74) is 1.25. The lowest BCUT2D eigenvalue weighted by Gasteiger charge is -2.23. The van der Waals surface area contributed by atoms with Crippen LogP contribution in [0.3, 0.4) is 0 Å². The van der Waals surface area contributed by atoms with Crippen LogP contribution in [-0.4, -0.2) is 5.91 Å². The molecule has 18 heavy (non-hydrogen) atoms.